The molecule has 3 heteroatoms. The van der Waals surface area contributed by atoms with E-state index in [-0.39, 0.29) is 16.9 Å². The molecule has 0 fully saturated rings. The standard InChI is InChI=1S/C19H23NO2/c1-18(2,3)17(21)16(20-6)14-11-19(4,5)15-10-12(22-7)8-9-13(14)15/h8-10H,11H2,1-5,7H3/b16-14-. The van der Waals surface area contributed by atoms with Crippen molar-refractivity contribution in [3.05, 3.63) is 46.4 Å². The highest BCUT2D eigenvalue weighted by Crippen LogP contribution is 2.48. The molecule has 1 aromatic carbocycles. The third kappa shape index (κ3) is 2.66. The summed E-state index contributed by atoms with van der Waals surface area (Å²) < 4.78 is 5.31. The molecule has 22 heavy (non-hydrogen) atoms. The van der Waals surface area contributed by atoms with E-state index in [0.29, 0.717) is 6.42 Å². The van der Waals surface area contributed by atoms with Crippen molar-refractivity contribution in [2.75, 3.05) is 7.11 Å². The Morgan fingerprint density at radius 1 is 1.32 bits per heavy atom. The summed E-state index contributed by atoms with van der Waals surface area (Å²) in [4.78, 5) is 16.2. The molecule has 3 nitrogen and oxygen atoms in total. The van der Waals surface area contributed by atoms with Crippen LogP contribution in [0.25, 0.3) is 10.4 Å². The molecule has 1 aliphatic carbocycles. The number of Topliss-reactive ketones (excluding diaryl/α,β-unsaturated/α-hetero) is 1. The number of rotatable bonds is 2. The van der Waals surface area contributed by atoms with E-state index in [1.165, 1.54) is 0 Å². The van der Waals surface area contributed by atoms with Gasteiger partial charge in [-0.2, -0.15) is 0 Å². The second-order valence-electron chi connectivity index (χ2n) is 7.49. The van der Waals surface area contributed by atoms with Gasteiger partial charge in [0.25, 0.3) is 0 Å². The fourth-order valence-corrected chi connectivity index (χ4v) is 2.93. The SMILES string of the molecule is [C-]#[N+]/C(C(=O)C(C)(C)C)=C1/CC(C)(C)c2cc(OC)ccc21. The van der Waals surface area contributed by atoms with Crippen LogP contribution >= 0.6 is 0 Å². The Morgan fingerprint density at radius 2 is 1.95 bits per heavy atom. The normalized spacial score (nSPS) is 18.4. The van der Waals surface area contributed by atoms with Crippen LogP contribution in [0.1, 0.15) is 52.2 Å². The van der Waals surface area contributed by atoms with Crippen LogP contribution in [0.3, 0.4) is 0 Å². The highest BCUT2D eigenvalue weighted by atomic mass is 16.5. The molecule has 0 spiro atoms. The molecular formula is C19H23NO2. The maximum absolute atomic E-state index is 12.6. The lowest BCUT2D eigenvalue weighted by Crippen LogP contribution is -2.21. The molecule has 0 aliphatic heterocycles. The van der Waals surface area contributed by atoms with Gasteiger partial charge >= 0.3 is 0 Å². The minimum absolute atomic E-state index is 0.0861. The van der Waals surface area contributed by atoms with Crippen molar-refractivity contribution in [2.24, 2.45) is 5.41 Å². The number of nitrogens with zero attached hydrogens (tertiary/aromatic N) is 1. The zero-order chi connectivity index (χ0) is 16.7. The predicted molar refractivity (Wildman–Crippen MR) is 88.6 cm³/mol. The van der Waals surface area contributed by atoms with Gasteiger partial charge in [-0.3, -0.25) is 0 Å². The van der Waals surface area contributed by atoms with Crippen LogP contribution in [0.5, 0.6) is 5.75 Å². The first kappa shape index (κ1) is 16.3. The first-order chi connectivity index (χ1) is 10.1. The van der Waals surface area contributed by atoms with Crippen molar-refractivity contribution in [1.29, 1.82) is 0 Å². The van der Waals surface area contributed by atoms with E-state index in [1.807, 2.05) is 39.0 Å². The maximum Gasteiger partial charge on any atom is 0.233 e. The van der Waals surface area contributed by atoms with Crippen LogP contribution in [-0.2, 0) is 10.2 Å². The van der Waals surface area contributed by atoms with Gasteiger partial charge in [0, 0.05) is 5.41 Å². The third-order valence-corrected chi connectivity index (χ3v) is 4.19. The van der Waals surface area contributed by atoms with Crippen molar-refractivity contribution < 1.29 is 9.53 Å². The number of ether oxygens (including phenoxy) is 1. The summed E-state index contributed by atoms with van der Waals surface area (Å²) in [6.07, 6.45) is 0.703. The van der Waals surface area contributed by atoms with Crippen LogP contribution < -0.4 is 4.74 Å². The summed E-state index contributed by atoms with van der Waals surface area (Å²) in [6.45, 7) is 17.4. The quantitative estimate of drug-likeness (QED) is 0.589. The van der Waals surface area contributed by atoms with Gasteiger partial charge in [-0.05, 0) is 40.7 Å². The summed E-state index contributed by atoms with van der Waals surface area (Å²) in [5, 5.41) is 0. The largest absolute Gasteiger partial charge is 0.497 e. The zero-order valence-electron chi connectivity index (χ0n) is 14.2. The lowest BCUT2D eigenvalue weighted by atomic mass is 9.85. The van der Waals surface area contributed by atoms with Gasteiger partial charge in [-0.25, -0.2) is 4.85 Å². The van der Waals surface area contributed by atoms with Crippen LogP contribution in [0.4, 0.5) is 0 Å². The Bertz CT molecular complexity index is 697. The van der Waals surface area contributed by atoms with E-state index >= 15 is 0 Å². The molecule has 0 radical (unpaired) electrons. The molecule has 0 unspecified atom stereocenters. The van der Waals surface area contributed by atoms with Crippen molar-refractivity contribution in [1.82, 2.24) is 0 Å². The summed E-state index contributed by atoms with van der Waals surface area (Å²) in [5.41, 5.74) is 2.65. The summed E-state index contributed by atoms with van der Waals surface area (Å²) >= 11 is 0. The predicted octanol–water partition coefficient (Wildman–Crippen LogP) is 4.62. The fourth-order valence-electron chi connectivity index (χ4n) is 2.93. The lowest BCUT2D eigenvalue weighted by Gasteiger charge is -2.19. The van der Waals surface area contributed by atoms with Crippen molar-refractivity contribution in [2.45, 2.75) is 46.5 Å². The molecule has 116 valence electrons. The van der Waals surface area contributed by atoms with Crippen LogP contribution in [0.15, 0.2) is 23.9 Å². The van der Waals surface area contributed by atoms with E-state index < -0.39 is 5.41 Å². The number of ketones is 1. The number of hydrogen-bond donors (Lipinski definition) is 0. The van der Waals surface area contributed by atoms with Crippen molar-refractivity contribution in [3.63, 3.8) is 0 Å². The van der Waals surface area contributed by atoms with Crippen LogP contribution in [0.2, 0.25) is 0 Å². The Balaban J connectivity index is 2.68. The van der Waals surface area contributed by atoms with Crippen molar-refractivity contribution >= 4 is 11.4 Å². The van der Waals surface area contributed by atoms with Crippen LogP contribution in [-0.4, -0.2) is 12.9 Å². The van der Waals surface area contributed by atoms with E-state index in [4.69, 9.17) is 11.3 Å². The summed E-state index contributed by atoms with van der Waals surface area (Å²) in [5.74, 6) is 0.719. The maximum atomic E-state index is 12.6. The number of benzene rings is 1. The molecule has 0 aromatic heterocycles. The molecule has 0 heterocycles. The Hall–Kier alpha value is -2.08. The zero-order valence-corrected chi connectivity index (χ0v) is 14.2. The average molecular weight is 297 g/mol. The van der Waals surface area contributed by atoms with Crippen molar-refractivity contribution in [3.8, 4) is 5.75 Å². The van der Waals surface area contributed by atoms with Gasteiger partial charge in [-0.15, -0.1) is 0 Å². The second-order valence-corrected chi connectivity index (χ2v) is 7.49. The average Bonchev–Trinajstić information content (AvgIpc) is 2.70. The van der Waals surface area contributed by atoms with E-state index in [9.17, 15) is 4.79 Å². The van der Waals surface area contributed by atoms with E-state index in [0.717, 1.165) is 22.4 Å². The number of methoxy groups -OCH3 is 1. The van der Waals surface area contributed by atoms with Gasteiger partial charge in [0.05, 0.1) is 13.7 Å². The Morgan fingerprint density at radius 3 is 2.45 bits per heavy atom. The number of carbonyl (C=O) groups excluding carboxylic acids is 1. The second kappa shape index (κ2) is 5.28. The van der Waals surface area contributed by atoms with Gasteiger partial charge in [0.15, 0.2) is 5.78 Å². The molecule has 0 atom stereocenters. The topological polar surface area (TPSA) is 30.7 Å². The molecule has 0 amide bonds. The van der Waals surface area contributed by atoms with E-state index in [1.54, 1.807) is 7.11 Å². The minimum atomic E-state index is -0.549. The monoisotopic (exact) mass is 297 g/mol. The highest BCUT2D eigenvalue weighted by Gasteiger charge is 2.38. The molecule has 0 bridgehead atoms. The lowest BCUT2D eigenvalue weighted by molar-refractivity contribution is -0.122. The Labute approximate surface area is 132 Å². The molecule has 1 aliphatic rings. The molecule has 0 N–H and O–H groups in total. The first-order valence-corrected chi connectivity index (χ1v) is 7.46. The molecule has 0 saturated carbocycles. The smallest absolute Gasteiger partial charge is 0.233 e. The number of carbonyl (C=O) groups is 1. The summed E-state index contributed by atoms with van der Waals surface area (Å²) in [6, 6.07) is 5.88. The number of hydrogen-bond acceptors (Lipinski definition) is 2. The van der Waals surface area contributed by atoms with Gasteiger partial charge in [0.2, 0.25) is 5.70 Å². The molecular weight excluding hydrogens is 274 g/mol. The molecule has 2 rings (SSSR count). The molecule has 1 aromatic rings. The molecule has 0 saturated heterocycles. The minimum Gasteiger partial charge on any atom is -0.497 e. The Kier molecular flexibility index (Phi) is 3.91. The van der Waals surface area contributed by atoms with E-state index in [2.05, 4.69) is 18.7 Å². The fraction of sp³-hybridized carbons (Fsp3) is 0.474. The number of allylic oxidation sites excluding steroid dienone is 2. The number of fused-ring (bicyclic) bond motifs is 1. The highest BCUT2D eigenvalue weighted by molar-refractivity contribution is 6.08. The first-order valence-electron chi connectivity index (χ1n) is 7.46. The third-order valence-electron chi connectivity index (χ3n) is 4.19. The van der Waals surface area contributed by atoms with Crippen LogP contribution in [0, 0.1) is 12.0 Å². The van der Waals surface area contributed by atoms with Gasteiger partial charge in [0.1, 0.15) is 5.75 Å². The van der Waals surface area contributed by atoms with Gasteiger partial charge < -0.3 is 9.53 Å². The summed E-state index contributed by atoms with van der Waals surface area (Å²) in [7, 11) is 1.65. The van der Waals surface area contributed by atoms with Gasteiger partial charge in [-0.1, -0.05) is 40.7 Å².